The fraction of sp³-hybridized carbons (Fsp3) is 0.462. The van der Waals surface area contributed by atoms with Gasteiger partial charge in [-0.1, -0.05) is 61.7 Å². The van der Waals surface area contributed by atoms with E-state index in [4.69, 9.17) is 27.9 Å². The average Bonchev–Trinajstić information content (AvgIpc) is 2.84. The van der Waals surface area contributed by atoms with Crippen LogP contribution in [0.15, 0.2) is 42.5 Å². The first-order valence-electron chi connectivity index (χ1n) is 12.2. The number of hydrogen-bond donors (Lipinski definition) is 1. The van der Waals surface area contributed by atoms with Gasteiger partial charge in [0.05, 0.1) is 18.6 Å². The predicted octanol–water partition coefficient (Wildman–Crippen LogP) is 4.88. The highest BCUT2D eigenvalue weighted by atomic mass is 35.5. The summed E-state index contributed by atoms with van der Waals surface area (Å²) in [5.41, 5.74) is 0.705. The summed E-state index contributed by atoms with van der Waals surface area (Å²) >= 11 is 12.8. The molecule has 2 aromatic rings. The molecule has 1 N–H and O–H groups in total. The second-order valence-corrected chi connectivity index (χ2v) is 11.2. The Hall–Kier alpha value is -2.49. The lowest BCUT2D eigenvalue weighted by Gasteiger charge is -2.33. The van der Waals surface area contributed by atoms with Crippen LogP contribution in [-0.2, 0) is 26.2 Å². The van der Waals surface area contributed by atoms with Crippen molar-refractivity contribution in [2.45, 2.75) is 52.6 Å². The lowest BCUT2D eigenvalue weighted by molar-refractivity contribution is -0.140. The van der Waals surface area contributed by atoms with Crippen molar-refractivity contribution >= 4 is 50.7 Å². The zero-order valence-electron chi connectivity index (χ0n) is 21.7. The van der Waals surface area contributed by atoms with Crippen molar-refractivity contribution in [3.8, 4) is 5.75 Å². The van der Waals surface area contributed by atoms with Crippen LogP contribution in [0.4, 0.5) is 5.69 Å². The summed E-state index contributed by atoms with van der Waals surface area (Å²) in [6.45, 7) is 5.76. The Balaban J connectivity index is 2.51. The van der Waals surface area contributed by atoms with E-state index in [1.807, 2.05) is 6.92 Å². The van der Waals surface area contributed by atoms with Gasteiger partial charge in [0, 0.05) is 28.7 Å². The lowest BCUT2D eigenvalue weighted by Crippen LogP contribution is -2.52. The molecular weight excluding hydrogens is 537 g/mol. The quantitative estimate of drug-likeness (QED) is 0.326. The highest BCUT2D eigenvalue weighted by Gasteiger charge is 2.33. The van der Waals surface area contributed by atoms with Crippen molar-refractivity contribution in [1.82, 2.24) is 10.2 Å². The maximum atomic E-state index is 13.8. The number of carbonyl (C=O) groups is 2. The van der Waals surface area contributed by atoms with Crippen LogP contribution < -0.4 is 14.4 Å². The molecule has 0 aromatic heterocycles. The second kappa shape index (κ2) is 14.4. The van der Waals surface area contributed by atoms with E-state index < -0.39 is 28.5 Å². The van der Waals surface area contributed by atoms with Crippen molar-refractivity contribution in [3.63, 3.8) is 0 Å². The van der Waals surface area contributed by atoms with Gasteiger partial charge in [0.1, 0.15) is 18.3 Å². The van der Waals surface area contributed by atoms with Crippen LogP contribution in [0, 0.1) is 0 Å². The Morgan fingerprint density at radius 3 is 2.24 bits per heavy atom. The molecule has 0 saturated heterocycles. The Labute approximate surface area is 229 Å². The fourth-order valence-corrected chi connectivity index (χ4v) is 5.18. The van der Waals surface area contributed by atoms with E-state index >= 15 is 0 Å². The van der Waals surface area contributed by atoms with Gasteiger partial charge >= 0.3 is 0 Å². The minimum atomic E-state index is -3.89. The van der Waals surface area contributed by atoms with Crippen molar-refractivity contribution in [2.75, 3.05) is 30.3 Å². The van der Waals surface area contributed by atoms with Crippen LogP contribution in [0.5, 0.6) is 5.75 Å². The number of nitrogens with zero attached hydrogens (tertiary/aromatic N) is 2. The topological polar surface area (TPSA) is 96.0 Å². The van der Waals surface area contributed by atoms with Crippen LogP contribution in [0.25, 0.3) is 0 Å². The van der Waals surface area contributed by atoms with E-state index in [0.29, 0.717) is 40.9 Å². The number of amides is 2. The number of para-hydroxylation sites is 2. The van der Waals surface area contributed by atoms with E-state index in [1.165, 1.54) is 4.90 Å². The van der Waals surface area contributed by atoms with E-state index in [-0.39, 0.29) is 18.1 Å². The first kappa shape index (κ1) is 30.7. The minimum Gasteiger partial charge on any atom is -0.492 e. The number of benzene rings is 2. The normalized spacial score (nSPS) is 12.1. The van der Waals surface area contributed by atoms with Crippen LogP contribution in [-0.4, -0.2) is 57.1 Å². The molecule has 0 fully saturated rings. The molecule has 0 spiro atoms. The van der Waals surface area contributed by atoms with Gasteiger partial charge in [0.25, 0.3) is 0 Å². The van der Waals surface area contributed by atoms with E-state index in [9.17, 15) is 18.0 Å². The first-order chi connectivity index (χ1) is 17.5. The van der Waals surface area contributed by atoms with Gasteiger partial charge in [-0.3, -0.25) is 13.9 Å². The zero-order valence-corrected chi connectivity index (χ0v) is 24.0. The molecule has 0 aliphatic rings. The highest BCUT2D eigenvalue weighted by molar-refractivity contribution is 7.92. The summed E-state index contributed by atoms with van der Waals surface area (Å²) in [7, 11) is -3.89. The summed E-state index contributed by atoms with van der Waals surface area (Å²) in [6.07, 6.45) is 3.02. The largest absolute Gasteiger partial charge is 0.492 e. The molecule has 0 heterocycles. The summed E-state index contributed by atoms with van der Waals surface area (Å²) in [6, 6.07) is 10.7. The summed E-state index contributed by atoms with van der Waals surface area (Å²) < 4.78 is 32.3. The van der Waals surface area contributed by atoms with E-state index in [0.717, 1.165) is 23.4 Å². The van der Waals surface area contributed by atoms with Gasteiger partial charge in [0.15, 0.2) is 0 Å². The van der Waals surface area contributed by atoms with Gasteiger partial charge in [-0.15, -0.1) is 0 Å². The van der Waals surface area contributed by atoms with Crippen LogP contribution >= 0.6 is 23.2 Å². The summed E-state index contributed by atoms with van der Waals surface area (Å²) in [5.74, 6) is -0.577. The number of halogens is 2. The third kappa shape index (κ3) is 8.51. The Morgan fingerprint density at radius 2 is 1.68 bits per heavy atom. The molecule has 1 atom stereocenters. The number of sulfonamides is 1. The van der Waals surface area contributed by atoms with Gasteiger partial charge in [0.2, 0.25) is 21.8 Å². The molecule has 2 amide bonds. The smallest absolute Gasteiger partial charge is 0.244 e. The maximum absolute atomic E-state index is 13.8. The molecular formula is C26H35Cl2N3O5S. The van der Waals surface area contributed by atoms with Crippen LogP contribution in [0.2, 0.25) is 10.0 Å². The molecule has 0 bridgehead atoms. The molecule has 11 heteroatoms. The van der Waals surface area contributed by atoms with Crippen molar-refractivity contribution in [2.24, 2.45) is 0 Å². The number of hydrogen-bond acceptors (Lipinski definition) is 5. The molecule has 0 aliphatic heterocycles. The molecule has 37 heavy (non-hydrogen) atoms. The second-order valence-electron chi connectivity index (χ2n) is 8.46. The van der Waals surface area contributed by atoms with Crippen molar-refractivity contribution < 1.29 is 22.7 Å². The third-order valence-electron chi connectivity index (χ3n) is 5.72. The lowest BCUT2D eigenvalue weighted by atomic mass is 10.1. The number of ether oxygens (including phenoxy) is 1. The SMILES string of the molecule is CCCCNC(=O)[C@H](CC)N(Cc1c(Cl)cccc1Cl)C(=O)CN(c1ccccc1OCC)S(C)(=O)=O. The van der Waals surface area contributed by atoms with Crippen molar-refractivity contribution in [3.05, 3.63) is 58.1 Å². The van der Waals surface area contributed by atoms with Gasteiger partial charge in [-0.2, -0.15) is 0 Å². The van der Waals surface area contributed by atoms with E-state index in [1.54, 1.807) is 56.3 Å². The number of rotatable bonds is 14. The van der Waals surface area contributed by atoms with Crippen molar-refractivity contribution in [1.29, 1.82) is 0 Å². The predicted molar refractivity (Wildman–Crippen MR) is 149 cm³/mol. The number of nitrogens with one attached hydrogen (secondary N) is 1. The van der Waals surface area contributed by atoms with Crippen LogP contribution in [0.1, 0.15) is 45.6 Å². The number of anilines is 1. The zero-order chi connectivity index (χ0) is 27.6. The Morgan fingerprint density at radius 1 is 1.03 bits per heavy atom. The average molecular weight is 573 g/mol. The minimum absolute atomic E-state index is 0.0677. The number of unbranched alkanes of at least 4 members (excludes halogenated alkanes) is 1. The molecule has 0 aliphatic carbocycles. The maximum Gasteiger partial charge on any atom is 0.244 e. The Bertz CT molecular complexity index is 1160. The molecule has 2 aromatic carbocycles. The van der Waals surface area contributed by atoms with Gasteiger partial charge < -0.3 is 15.0 Å². The van der Waals surface area contributed by atoms with Gasteiger partial charge in [-0.05, 0) is 44.0 Å². The first-order valence-corrected chi connectivity index (χ1v) is 14.8. The fourth-order valence-electron chi connectivity index (χ4n) is 3.81. The third-order valence-corrected chi connectivity index (χ3v) is 7.55. The molecule has 0 radical (unpaired) electrons. The molecule has 8 nitrogen and oxygen atoms in total. The molecule has 204 valence electrons. The molecule has 0 saturated carbocycles. The Kier molecular flexibility index (Phi) is 12.0. The summed E-state index contributed by atoms with van der Waals surface area (Å²) in [4.78, 5) is 28.3. The summed E-state index contributed by atoms with van der Waals surface area (Å²) in [5, 5.41) is 3.56. The highest BCUT2D eigenvalue weighted by Crippen LogP contribution is 2.31. The van der Waals surface area contributed by atoms with E-state index in [2.05, 4.69) is 5.32 Å². The van der Waals surface area contributed by atoms with Crippen LogP contribution in [0.3, 0.4) is 0 Å². The van der Waals surface area contributed by atoms with Gasteiger partial charge in [-0.25, -0.2) is 8.42 Å². The number of carbonyl (C=O) groups excluding carboxylic acids is 2. The molecule has 2 rings (SSSR count). The standard InChI is InChI=1S/C26H35Cl2N3O5S/c1-5-8-16-29-26(33)22(6-2)30(17-19-20(27)12-11-13-21(19)28)25(32)18-31(37(4,34)35)23-14-9-10-15-24(23)36-7-3/h9-15,22H,5-8,16-18H2,1-4H3,(H,29,33)/t22-/m0/s1. The molecule has 0 unspecified atom stereocenters. The monoisotopic (exact) mass is 571 g/mol.